The van der Waals surface area contributed by atoms with E-state index in [2.05, 4.69) is 25.7 Å². The van der Waals surface area contributed by atoms with Gasteiger partial charge in [0, 0.05) is 13.0 Å². The number of aryl methyl sites for hydroxylation is 1. The number of carbonyl (C=O) groups excluding carboxylic acids is 1. The van der Waals surface area contributed by atoms with Gasteiger partial charge in [-0.25, -0.2) is 0 Å². The van der Waals surface area contributed by atoms with E-state index >= 15 is 0 Å². The highest BCUT2D eigenvalue weighted by Gasteiger charge is 2.11. The Labute approximate surface area is 113 Å². The van der Waals surface area contributed by atoms with E-state index in [1.165, 1.54) is 6.07 Å². The molecule has 2 aromatic rings. The van der Waals surface area contributed by atoms with E-state index in [0.717, 1.165) is 0 Å². The van der Waals surface area contributed by atoms with Crippen LogP contribution >= 0.6 is 11.6 Å². The molecule has 2 aromatic heterocycles. The minimum atomic E-state index is -0.632. The van der Waals surface area contributed by atoms with Crippen molar-refractivity contribution in [2.75, 3.05) is 11.9 Å². The number of nitrogens with zero attached hydrogens (tertiary/aromatic N) is 4. The first-order valence-electron chi connectivity index (χ1n) is 5.42. The highest BCUT2D eigenvalue weighted by Crippen LogP contribution is 2.14. The fourth-order valence-corrected chi connectivity index (χ4v) is 1.56. The molecule has 19 heavy (non-hydrogen) atoms. The number of anilines is 1. The fraction of sp³-hybridized carbons (Fsp3) is 0.300. The van der Waals surface area contributed by atoms with Gasteiger partial charge in [-0.15, -0.1) is 10.2 Å². The maximum atomic E-state index is 11.2. The van der Waals surface area contributed by atoms with E-state index in [1.54, 1.807) is 6.92 Å². The number of nitrogens with one attached hydrogen (secondary N) is 1. The van der Waals surface area contributed by atoms with Crippen LogP contribution < -0.4 is 11.1 Å². The summed E-state index contributed by atoms with van der Waals surface area (Å²) < 4.78 is 4.95. The Morgan fingerprint density at radius 3 is 2.95 bits per heavy atom. The first kappa shape index (κ1) is 13.2. The number of rotatable bonds is 5. The molecule has 0 aliphatic carbocycles. The number of hydrogen-bond acceptors (Lipinski definition) is 7. The number of amides is 1. The molecular weight excluding hydrogens is 272 g/mol. The van der Waals surface area contributed by atoms with Crippen LogP contribution in [0.25, 0.3) is 0 Å². The maximum Gasteiger partial charge on any atom is 0.252 e. The van der Waals surface area contributed by atoms with E-state index in [9.17, 15) is 4.79 Å². The molecule has 8 nitrogen and oxygen atoms in total. The molecule has 0 fully saturated rings. The predicted octanol–water partition coefficient (Wildman–Crippen LogP) is 0.575. The van der Waals surface area contributed by atoms with E-state index < -0.39 is 5.91 Å². The minimum Gasteiger partial charge on any atom is -0.367 e. The standard InChI is InChI=1S/C10H11ClN6O2/c1-5-14-8(19-17-5)2-3-13-10-6(9(12)18)4-7(11)15-16-10/h4H,2-3H2,1H3,(H2,12,18)(H,13,16). The van der Waals surface area contributed by atoms with Crippen LogP contribution in [0.4, 0.5) is 5.82 Å². The van der Waals surface area contributed by atoms with Crippen molar-refractivity contribution in [2.24, 2.45) is 5.73 Å². The van der Waals surface area contributed by atoms with Gasteiger partial charge in [0.1, 0.15) is 0 Å². The van der Waals surface area contributed by atoms with Gasteiger partial charge >= 0.3 is 0 Å². The average molecular weight is 283 g/mol. The lowest BCUT2D eigenvalue weighted by molar-refractivity contribution is 0.100. The molecule has 0 atom stereocenters. The molecule has 1 amide bonds. The Balaban J connectivity index is 2.01. The summed E-state index contributed by atoms with van der Waals surface area (Å²) in [5, 5.41) is 14.1. The molecule has 9 heteroatoms. The number of carbonyl (C=O) groups is 1. The van der Waals surface area contributed by atoms with Gasteiger partial charge in [-0.05, 0) is 13.0 Å². The van der Waals surface area contributed by atoms with Crippen molar-refractivity contribution >= 4 is 23.3 Å². The normalized spacial score (nSPS) is 10.4. The van der Waals surface area contributed by atoms with Crippen molar-refractivity contribution in [2.45, 2.75) is 13.3 Å². The van der Waals surface area contributed by atoms with Crippen LogP contribution in [0.15, 0.2) is 10.6 Å². The second kappa shape index (κ2) is 5.61. The zero-order chi connectivity index (χ0) is 13.8. The summed E-state index contributed by atoms with van der Waals surface area (Å²) in [6.45, 7) is 2.18. The van der Waals surface area contributed by atoms with Gasteiger partial charge in [-0.3, -0.25) is 4.79 Å². The first-order chi connectivity index (χ1) is 9.06. The lowest BCUT2D eigenvalue weighted by Gasteiger charge is -2.06. The number of nitrogens with two attached hydrogens (primary N) is 1. The van der Waals surface area contributed by atoms with Crippen LogP contribution in [0.5, 0.6) is 0 Å². The molecule has 0 radical (unpaired) electrons. The molecule has 2 heterocycles. The van der Waals surface area contributed by atoms with Crippen molar-refractivity contribution in [1.82, 2.24) is 20.3 Å². The molecule has 3 N–H and O–H groups in total. The lowest BCUT2D eigenvalue weighted by atomic mass is 10.2. The van der Waals surface area contributed by atoms with Crippen LogP contribution in [-0.2, 0) is 6.42 Å². The summed E-state index contributed by atoms with van der Waals surface area (Å²) in [4.78, 5) is 15.3. The first-order valence-corrected chi connectivity index (χ1v) is 5.80. The molecule has 100 valence electrons. The zero-order valence-corrected chi connectivity index (χ0v) is 10.8. The van der Waals surface area contributed by atoms with Crippen LogP contribution in [0, 0.1) is 6.92 Å². The minimum absolute atomic E-state index is 0.104. The quantitative estimate of drug-likeness (QED) is 0.822. The van der Waals surface area contributed by atoms with Crippen LogP contribution in [0.1, 0.15) is 22.1 Å². The van der Waals surface area contributed by atoms with Gasteiger partial charge in [-0.1, -0.05) is 16.8 Å². The molecular formula is C10H11ClN6O2. The largest absolute Gasteiger partial charge is 0.367 e. The van der Waals surface area contributed by atoms with Gasteiger partial charge < -0.3 is 15.6 Å². The summed E-state index contributed by atoms with van der Waals surface area (Å²) in [6, 6.07) is 1.36. The third-order valence-corrected chi connectivity index (χ3v) is 2.42. The summed E-state index contributed by atoms with van der Waals surface area (Å²) in [6.07, 6.45) is 0.489. The molecule has 0 saturated carbocycles. The molecule has 0 unspecified atom stereocenters. The molecule has 0 spiro atoms. The summed E-state index contributed by atoms with van der Waals surface area (Å²) in [5.74, 6) is 0.702. The topological polar surface area (TPSA) is 120 Å². The zero-order valence-electron chi connectivity index (χ0n) is 10.1. The summed E-state index contributed by atoms with van der Waals surface area (Å²) >= 11 is 5.65. The number of aromatic nitrogens is 4. The second-order valence-corrected chi connectivity index (χ2v) is 4.09. The third kappa shape index (κ3) is 3.38. The Bertz CT molecular complexity index is 599. The number of halogens is 1. The molecule has 0 saturated heterocycles. The maximum absolute atomic E-state index is 11.2. The monoisotopic (exact) mass is 282 g/mol. The van der Waals surface area contributed by atoms with Gasteiger partial charge in [0.2, 0.25) is 5.89 Å². The van der Waals surface area contributed by atoms with E-state index in [1.807, 2.05) is 0 Å². The van der Waals surface area contributed by atoms with Crippen molar-refractivity contribution in [1.29, 1.82) is 0 Å². The van der Waals surface area contributed by atoms with Crippen LogP contribution in [0.3, 0.4) is 0 Å². The highest BCUT2D eigenvalue weighted by molar-refractivity contribution is 6.29. The van der Waals surface area contributed by atoms with Crippen LogP contribution in [-0.4, -0.2) is 32.8 Å². The smallest absolute Gasteiger partial charge is 0.252 e. The van der Waals surface area contributed by atoms with Crippen LogP contribution in [0.2, 0.25) is 5.15 Å². The SMILES string of the molecule is Cc1noc(CCNc2nnc(Cl)cc2C(N)=O)n1. The van der Waals surface area contributed by atoms with Crippen molar-refractivity contribution < 1.29 is 9.32 Å². The van der Waals surface area contributed by atoms with Gasteiger partial charge in [0.05, 0.1) is 5.56 Å². The van der Waals surface area contributed by atoms with Crippen molar-refractivity contribution in [3.05, 3.63) is 28.5 Å². The van der Waals surface area contributed by atoms with Gasteiger partial charge in [-0.2, -0.15) is 4.98 Å². The van der Waals surface area contributed by atoms with E-state index in [0.29, 0.717) is 24.7 Å². The Morgan fingerprint density at radius 2 is 2.32 bits per heavy atom. The fourth-order valence-electron chi connectivity index (χ4n) is 1.42. The van der Waals surface area contributed by atoms with E-state index in [-0.39, 0.29) is 16.5 Å². The Hall–Kier alpha value is -2.22. The molecule has 0 aliphatic heterocycles. The molecule has 0 aromatic carbocycles. The Morgan fingerprint density at radius 1 is 1.53 bits per heavy atom. The van der Waals surface area contributed by atoms with E-state index in [4.69, 9.17) is 21.9 Å². The number of hydrogen-bond donors (Lipinski definition) is 2. The molecule has 0 aliphatic rings. The van der Waals surface area contributed by atoms with Crippen molar-refractivity contribution in [3.8, 4) is 0 Å². The van der Waals surface area contributed by atoms with Crippen molar-refractivity contribution in [3.63, 3.8) is 0 Å². The third-order valence-electron chi connectivity index (χ3n) is 2.23. The second-order valence-electron chi connectivity index (χ2n) is 3.71. The summed E-state index contributed by atoms with van der Waals surface area (Å²) in [7, 11) is 0. The summed E-state index contributed by atoms with van der Waals surface area (Å²) in [5.41, 5.74) is 5.41. The molecule has 0 bridgehead atoms. The Kier molecular flexibility index (Phi) is 3.91. The molecule has 2 rings (SSSR count). The lowest BCUT2D eigenvalue weighted by Crippen LogP contribution is -2.17. The average Bonchev–Trinajstić information content (AvgIpc) is 2.77. The number of primary amides is 1. The highest BCUT2D eigenvalue weighted by atomic mass is 35.5. The van der Waals surface area contributed by atoms with Gasteiger partial charge in [0.15, 0.2) is 16.8 Å². The van der Waals surface area contributed by atoms with Gasteiger partial charge in [0.25, 0.3) is 5.91 Å². The predicted molar refractivity (Wildman–Crippen MR) is 66.8 cm³/mol.